The van der Waals surface area contributed by atoms with Gasteiger partial charge in [-0.1, -0.05) is 17.7 Å². The second kappa shape index (κ2) is 8.70. The summed E-state index contributed by atoms with van der Waals surface area (Å²) in [7, 11) is -1.50. The van der Waals surface area contributed by atoms with Gasteiger partial charge in [-0.2, -0.15) is 4.31 Å². The number of aryl methyl sites for hydroxylation is 1. The van der Waals surface area contributed by atoms with Gasteiger partial charge in [0.2, 0.25) is 10.0 Å². The van der Waals surface area contributed by atoms with E-state index in [1.165, 1.54) is 26.4 Å². The van der Waals surface area contributed by atoms with Crippen LogP contribution in [0.15, 0.2) is 38.3 Å². The van der Waals surface area contributed by atoms with Crippen LogP contribution >= 0.6 is 22.6 Å². The molecule has 0 N–H and O–H groups in total. The van der Waals surface area contributed by atoms with Crippen LogP contribution in [-0.4, -0.2) is 51.5 Å². The molecule has 1 aromatic rings. The van der Waals surface area contributed by atoms with Gasteiger partial charge in [-0.25, -0.2) is 8.42 Å². The van der Waals surface area contributed by atoms with Crippen molar-refractivity contribution in [3.63, 3.8) is 0 Å². The average molecular weight is 507 g/mol. The number of ether oxygens (including phenoxy) is 2. The number of carbonyl (C=O) groups excluding carboxylic acids is 2. The zero-order valence-corrected chi connectivity index (χ0v) is 18.5. The Morgan fingerprint density at radius 2 is 1.78 bits per heavy atom. The largest absolute Gasteiger partial charge is 0.469 e. The summed E-state index contributed by atoms with van der Waals surface area (Å²) in [5, 5.41) is 0. The number of halogens is 1. The second-order valence-corrected chi connectivity index (χ2v) is 9.79. The molecule has 0 aliphatic carbocycles. The van der Waals surface area contributed by atoms with Gasteiger partial charge >= 0.3 is 11.9 Å². The third-order valence-electron chi connectivity index (χ3n) is 4.59. The van der Waals surface area contributed by atoms with Crippen molar-refractivity contribution >= 4 is 44.6 Å². The van der Waals surface area contributed by atoms with E-state index in [4.69, 9.17) is 9.47 Å². The van der Waals surface area contributed by atoms with Crippen molar-refractivity contribution in [3.05, 3.63) is 39.0 Å². The summed E-state index contributed by atoms with van der Waals surface area (Å²) in [5.41, 5.74) is 1.64. The first-order chi connectivity index (χ1) is 12.6. The van der Waals surface area contributed by atoms with Crippen LogP contribution in [0, 0.1) is 12.8 Å². The first-order valence-electron chi connectivity index (χ1n) is 8.21. The van der Waals surface area contributed by atoms with Gasteiger partial charge in [0.25, 0.3) is 0 Å². The molecule has 9 heteroatoms. The molecule has 0 bridgehead atoms. The SMILES string of the molecule is COC(=O)C[C@H]1/C(=C(/C)I)CN(S(=O)(=O)c2ccc(C)cc2)[C@@H]1C(=O)OC. The zero-order valence-electron chi connectivity index (χ0n) is 15.6. The van der Waals surface area contributed by atoms with Crippen LogP contribution in [0.1, 0.15) is 18.9 Å². The van der Waals surface area contributed by atoms with E-state index >= 15 is 0 Å². The fourth-order valence-corrected chi connectivity index (χ4v) is 5.28. The third-order valence-corrected chi connectivity index (χ3v) is 7.13. The maximum Gasteiger partial charge on any atom is 0.324 e. The number of carbonyl (C=O) groups is 2. The Labute approximate surface area is 172 Å². The number of esters is 2. The van der Waals surface area contributed by atoms with E-state index in [9.17, 15) is 18.0 Å². The van der Waals surface area contributed by atoms with Crippen LogP contribution in [0.4, 0.5) is 0 Å². The molecule has 0 saturated carbocycles. The molecule has 1 saturated heterocycles. The number of methoxy groups -OCH3 is 2. The molecule has 0 spiro atoms. The molecule has 1 fully saturated rings. The van der Waals surface area contributed by atoms with Gasteiger partial charge in [-0.05, 0) is 57.7 Å². The fourth-order valence-electron chi connectivity index (χ4n) is 3.12. The highest BCUT2D eigenvalue weighted by Crippen LogP contribution is 2.39. The second-order valence-electron chi connectivity index (χ2n) is 6.28. The van der Waals surface area contributed by atoms with Crippen molar-refractivity contribution in [2.24, 2.45) is 5.92 Å². The van der Waals surface area contributed by atoms with Crippen molar-refractivity contribution in [1.29, 1.82) is 0 Å². The summed E-state index contributed by atoms with van der Waals surface area (Å²) in [6.45, 7) is 3.69. The fraction of sp³-hybridized carbons (Fsp3) is 0.444. The summed E-state index contributed by atoms with van der Waals surface area (Å²) >= 11 is 2.08. The molecular formula is C18H22INO6S. The number of benzene rings is 1. The molecule has 0 amide bonds. The minimum absolute atomic E-state index is 0.0202. The van der Waals surface area contributed by atoms with Crippen LogP contribution in [-0.2, 0) is 29.1 Å². The van der Waals surface area contributed by atoms with E-state index in [0.29, 0.717) is 5.57 Å². The van der Waals surface area contributed by atoms with Gasteiger partial charge in [-0.3, -0.25) is 9.59 Å². The maximum absolute atomic E-state index is 13.2. The smallest absolute Gasteiger partial charge is 0.324 e. The van der Waals surface area contributed by atoms with E-state index < -0.39 is 33.9 Å². The minimum Gasteiger partial charge on any atom is -0.469 e. The third kappa shape index (κ3) is 4.52. The highest BCUT2D eigenvalue weighted by molar-refractivity contribution is 14.1. The van der Waals surface area contributed by atoms with Crippen LogP contribution < -0.4 is 0 Å². The standard InChI is InChI=1S/C18H22INO6S/c1-11-5-7-13(8-6-11)27(23,24)20-10-15(12(2)19)14(9-16(21)25-3)17(20)18(22)26-4/h5-8,14,17H,9-10H2,1-4H3/b15-12-/t14-,17-/m0/s1. The lowest BCUT2D eigenvalue weighted by Crippen LogP contribution is -2.44. The molecule has 1 aromatic carbocycles. The number of allylic oxidation sites excluding steroid dienone is 1. The van der Waals surface area contributed by atoms with Crippen LogP contribution in [0.2, 0.25) is 0 Å². The molecule has 1 aliphatic heterocycles. The molecule has 148 valence electrons. The number of rotatable bonds is 5. The Bertz CT molecular complexity index is 858. The molecule has 27 heavy (non-hydrogen) atoms. The molecule has 1 aliphatic rings. The van der Waals surface area contributed by atoms with Crippen molar-refractivity contribution in [3.8, 4) is 0 Å². The number of hydrogen-bond acceptors (Lipinski definition) is 6. The lowest BCUT2D eigenvalue weighted by Gasteiger charge is -2.24. The van der Waals surface area contributed by atoms with E-state index in [1.807, 2.05) is 13.8 Å². The molecule has 1 heterocycles. The Morgan fingerprint density at radius 3 is 2.26 bits per heavy atom. The topological polar surface area (TPSA) is 90.0 Å². The van der Waals surface area contributed by atoms with E-state index in [-0.39, 0.29) is 17.9 Å². The summed E-state index contributed by atoms with van der Waals surface area (Å²) in [6, 6.07) is 5.28. The predicted octanol–water partition coefficient (Wildman–Crippen LogP) is 2.43. The van der Waals surface area contributed by atoms with Crippen LogP contribution in [0.25, 0.3) is 0 Å². The van der Waals surface area contributed by atoms with Gasteiger partial charge in [0.15, 0.2) is 0 Å². The van der Waals surface area contributed by atoms with Gasteiger partial charge in [0.1, 0.15) is 6.04 Å². The van der Waals surface area contributed by atoms with E-state index in [2.05, 4.69) is 22.6 Å². The van der Waals surface area contributed by atoms with Crippen molar-refractivity contribution in [2.75, 3.05) is 20.8 Å². The normalized spacial score (nSPS) is 22.4. The monoisotopic (exact) mass is 507 g/mol. The van der Waals surface area contributed by atoms with Crippen molar-refractivity contribution in [1.82, 2.24) is 4.31 Å². The van der Waals surface area contributed by atoms with Crippen molar-refractivity contribution in [2.45, 2.75) is 31.2 Å². The van der Waals surface area contributed by atoms with Gasteiger partial charge in [-0.15, -0.1) is 0 Å². The van der Waals surface area contributed by atoms with Gasteiger partial charge < -0.3 is 9.47 Å². The Hall–Kier alpha value is -1.46. The summed E-state index contributed by atoms with van der Waals surface area (Å²) < 4.78 is 38.0. The van der Waals surface area contributed by atoms with Gasteiger partial charge in [0, 0.05) is 12.5 Å². The summed E-state index contributed by atoms with van der Waals surface area (Å²) in [6.07, 6.45) is -0.105. The summed E-state index contributed by atoms with van der Waals surface area (Å²) in [5.74, 6) is -1.85. The van der Waals surface area contributed by atoms with Crippen molar-refractivity contribution < 1.29 is 27.5 Å². The lowest BCUT2D eigenvalue weighted by atomic mass is 9.92. The molecular weight excluding hydrogens is 485 g/mol. The van der Waals surface area contributed by atoms with Gasteiger partial charge in [0.05, 0.1) is 25.5 Å². The van der Waals surface area contributed by atoms with E-state index in [0.717, 1.165) is 13.4 Å². The molecule has 2 atom stereocenters. The molecule has 0 aromatic heterocycles. The molecule has 0 unspecified atom stereocenters. The Balaban J connectivity index is 2.56. The average Bonchev–Trinajstić information content (AvgIpc) is 3.01. The molecule has 2 rings (SSSR count). The Kier molecular flexibility index (Phi) is 7.03. The molecule has 7 nitrogen and oxygen atoms in total. The zero-order chi connectivity index (χ0) is 20.4. The first kappa shape index (κ1) is 21.8. The summed E-state index contributed by atoms with van der Waals surface area (Å²) in [4.78, 5) is 24.5. The predicted molar refractivity (Wildman–Crippen MR) is 108 cm³/mol. The highest BCUT2D eigenvalue weighted by Gasteiger charge is 2.50. The maximum atomic E-state index is 13.2. The quantitative estimate of drug-likeness (QED) is 0.450. The molecule has 0 radical (unpaired) electrons. The van der Waals surface area contributed by atoms with Crippen LogP contribution in [0.5, 0.6) is 0 Å². The Morgan fingerprint density at radius 1 is 1.19 bits per heavy atom. The lowest BCUT2D eigenvalue weighted by molar-refractivity contribution is -0.147. The van der Waals surface area contributed by atoms with Crippen LogP contribution in [0.3, 0.4) is 0 Å². The minimum atomic E-state index is -3.96. The number of nitrogens with zero attached hydrogens (tertiary/aromatic N) is 1. The number of sulfonamides is 1. The van der Waals surface area contributed by atoms with E-state index in [1.54, 1.807) is 12.1 Å². The highest BCUT2D eigenvalue weighted by atomic mass is 127. The first-order valence-corrected chi connectivity index (χ1v) is 10.7. The number of hydrogen-bond donors (Lipinski definition) is 0.